The van der Waals surface area contributed by atoms with E-state index in [4.69, 9.17) is 9.84 Å². The first-order chi connectivity index (χ1) is 11.2. The van der Waals surface area contributed by atoms with Gasteiger partial charge in [-0.2, -0.15) is 0 Å². The van der Waals surface area contributed by atoms with Gasteiger partial charge in [0.2, 0.25) is 0 Å². The van der Waals surface area contributed by atoms with Crippen molar-refractivity contribution in [1.82, 2.24) is 0 Å². The van der Waals surface area contributed by atoms with Crippen LogP contribution in [0.1, 0.15) is 71.1 Å². The molecular weight excluding hydrogens is 288 g/mol. The molecule has 1 rings (SSSR count). The molecule has 0 aromatic heterocycles. The molecule has 3 heteroatoms. The lowest BCUT2D eigenvalue weighted by molar-refractivity contribution is -0.137. The number of hydrogen-bond acceptors (Lipinski definition) is 2. The Labute approximate surface area is 141 Å². The first kappa shape index (κ1) is 19.7. The van der Waals surface area contributed by atoms with Crippen molar-refractivity contribution < 1.29 is 14.6 Å². The zero-order valence-corrected chi connectivity index (χ0v) is 14.5. The van der Waals surface area contributed by atoms with Gasteiger partial charge in [-0.15, -0.1) is 0 Å². The smallest absolute Gasteiger partial charge is 0.303 e. The maximum atomic E-state index is 10.4. The fourth-order valence-electron chi connectivity index (χ4n) is 2.44. The maximum absolute atomic E-state index is 10.4. The number of carboxylic acid groups (broad SMARTS) is 1. The number of aliphatic carboxylic acids is 1. The SMILES string of the molecule is CCCCC/C=C/C/C=C\C[C@H]1O[C@H]1C/C=C/CCCC(=O)O. The van der Waals surface area contributed by atoms with Gasteiger partial charge in [0.05, 0.1) is 12.2 Å². The molecule has 130 valence electrons. The molecule has 1 N–H and O–H groups in total. The largest absolute Gasteiger partial charge is 0.481 e. The Morgan fingerprint density at radius 1 is 0.913 bits per heavy atom. The molecule has 0 aromatic carbocycles. The van der Waals surface area contributed by atoms with Crippen LogP contribution in [0.2, 0.25) is 0 Å². The zero-order valence-electron chi connectivity index (χ0n) is 14.5. The third-order valence-corrected chi connectivity index (χ3v) is 3.93. The normalized spacial score (nSPS) is 20.9. The van der Waals surface area contributed by atoms with Gasteiger partial charge in [-0.1, -0.05) is 56.2 Å². The van der Waals surface area contributed by atoms with E-state index in [0.29, 0.717) is 12.2 Å². The van der Waals surface area contributed by atoms with Crippen LogP contribution >= 0.6 is 0 Å². The van der Waals surface area contributed by atoms with Gasteiger partial charge in [0.1, 0.15) is 0 Å². The van der Waals surface area contributed by atoms with Crippen molar-refractivity contribution in [2.24, 2.45) is 0 Å². The summed E-state index contributed by atoms with van der Waals surface area (Å²) in [5.74, 6) is -0.716. The van der Waals surface area contributed by atoms with Gasteiger partial charge in [-0.05, 0) is 44.9 Å². The average molecular weight is 320 g/mol. The van der Waals surface area contributed by atoms with Gasteiger partial charge < -0.3 is 9.84 Å². The van der Waals surface area contributed by atoms with Crippen molar-refractivity contribution in [2.75, 3.05) is 0 Å². The van der Waals surface area contributed by atoms with E-state index in [1.54, 1.807) is 0 Å². The molecule has 0 aliphatic carbocycles. The van der Waals surface area contributed by atoms with E-state index in [1.807, 2.05) is 0 Å². The van der Waals surface area contributed by atoms with E-state index < -0.39 is 5.97 Å². The Kier molecular flexibility index (Phi) is 11.2. The summed E-state index contributed by atoms with van der Waals surface area (Å²) in [4.78, 5) is 10.4. The number of unbranched alkanes of at least 4 members (excludes halogenated alkanes) is 4. The number of ether oxygens (including phenoxy) is 1. The van der Waals surface area contributed by atoms with E-state index in [0.717, 1.165) is 32.1 Å². The summed E-state index contributed by atoms with van der Waals surface area (Å²) in [6.07, 6.45) is 23.8. The molecule has 0 bridgehead atoms. The van der Waals surface area contributed by atoms with Gasteiger partial charge in [-0.3, -0.25) is 4.79 Å². The van der Waals surface area contributed by atoms with Crippen LogP contribution in [0.25, 0.3) is 0 Å². The fourth-order valence-corrected chi connectivity index (χ4v) is 2.44. The van der Waals surface area contributed by atoms with Crippen LogP contribution in [0, 0.1) is 0 Å². The summed E-state index contributed by atoms with van der Waals surface area (Å²) in [6, 6.07) is 0. The molecule has 3 nitrogen and oxygen atoms in total. The van der Waals surface area contributed by atoms with Crippen molar-refractivity contribution in [2.45, 2.75) is 83.3 Å². The van der Waals surface area contributed by atoms with Crippen molar-refractivity contribution >= 4 is 5.97 Å². The zero-order chi connectivity index (χ0) is 16.8. The van der Waals surface area contributed by atoms with E-state index in [-0.39, 0.29) is 6.42 Å². The molecule has 0 aromatic rings. The average Bonchev–Trinajstić information content (AvgIpc) is 3.27. The minimum absolute atomic E-state index is 0.255. The highest BCUT2D eigenvalue weighted by Gasteiger charge is 2.35. The molecule has 1 aliphatic rings. The van der Waals surface area contributed by atoms with Crippen molar-refractivity contribution in [3.05, 3.63) is 36.5 Å². The number of epoxide rings is 1. The molecule has 1 saturated heterocycles. The molecule has 0 unspecified atom stereocenters. The number of carbonyl (C=O) groups is 1. The van der Waals surface area contributed by atoms with Crippen molar-refractivity contribution in [3.63, 3.8) is 0 Å². The third-order valence-electron chi connectivity index (χ3n) is 3.93. The molecule has 1 fully saturated rings. The number of allylic oxidation sites excluding steroid dienone is 4. The molecule has 0 amide bonds. The van der Waals surface area contributed by atoms with Crippen LogP contribution in [0.5, 0.6) is 0 Å². The van der Waals surface area contributed by atoms with Crippen LogP contribution in [0.4, 0.5) is 0 Å². The third kappa shape index (κ3) is 11.8. The van der Waals surface area contributed by atoms with Gasteiger partial charge in [-0.25, -0.2) is 0 Å². The number of rotatable bonds is 14. The van der Waals surface area contributed by atoms with Gasteiger partial charge in [0.15, 0.2) is 0 Å². The Hall–Kier alpha value is -1.35. The molecular formula is C20H32O3. The molecule has 0 radical (unpaired) electrons. The standard InChI is InChI=1S/C20H32O3/c1-2-3-4-5-6-7-8-9-12-15-18-19(23-18)16-13-10-11-14-17-20(21)22/h6-7,9-10,12-13,18-19H,2-5,8,11,14-17H2,1H3,(H,21,22)/b7-6+,12-9-,13-10+/t18-,19+/m1/s1. The highest BCUT2D eigenvalue weighted by molar-refractivity contribution is 5.66. The predicted molar refractivity (Wildman–Crippen MR) is 95.6 cm³/mol. The van der Waals surface area contributed by atoms with Crippen molar-refractivity contribution in [3.8, 4) is 0 Å². The summed E-state index contributed by atoms with van der Waals surface area (Å²) < 4.78 is 5.62. The van der Waals surface area contributed by atoms with E-state index in [9.17, 15) is 4.79 Å². The molecule has 1 heterocycles. The van der Waals surface area contributed by atoms with Gasteiger partial charge >= 0.3 is 5.97 Å². The van der Waals surface area contributed by atoms with Crippen molar-refractivity contribution in [1.29, 1.82) is 0 Å². The lowest BCUT2D eigenvalue weighted by atomic mass is 10.1. The van der Waals surface area contributed by atoms with Gasteiger partial charge in [0.25, 0.3) is 0 Å². The monoisotopic (exact) mass is 320 g/mol. The highest BCUT2D eigenvalue weighted by Crippen LogP contribution is 2.29. The first-order valence-electron chi connectivity index (χ1n) is 9.06. The fraction of sp³-hybridized carbons (Fsp3) is 0.650. The summed E-state index contributed by atoms with van der Waals surface area (Å²) >= 11 is 0. The Balaban J connectivity index is 1.93. The summed E-state index contributed by atoms with van der Waals surface area (Å²) in [6.45, 7) is 2.23. The van der Waals surface area contributed by atoms with Crippen LogP contribution in [0.15, 0.2) is 36.5 Å². The Morgan fingerprint density at radius 2 is 1.52 bits per heavy atom. The molecule has 0 saturated carbocycles. The topological polar surface area (TPSA) is 49.8 Å². The van der Waals surface area contributed by atoms with Crippen LogP contribution < -0.4 is 0 Å². The molecule has 0 spiro atoms. The summed E-state index contributed by atoms with van der Waals surface area (Å²) in [5, 5.41) is 8.53. The highest BCUT2D eigenvalue weighted by atomic mass is 16.6. The second kappa shape index (κ2) is 13.1. The maximum Gasteiger partial charge on any atom is 0.303 e. The second-order valence-electron chi connectivity index (χ2n) is 6.12. The number of hydrogen-bond donors (Lipinski definition) is 1. The minimum Gasteiger partial charge on any atom is -0.481 e. The van der Waals surface area contributed by atoms with E-state index >= 15 is 0 Å². The summed E-state index contributed by atoms with van der Waals surface area (Å²) in [5.41, 5.74) is 0. The first-order valence-corrected chi connectivity index (χ1v) is 9.06. The van der Waals surface area contributed by atoms with Crippen LogP contribution in [0.3, 0.4) is 0 Å². The number of carboxylic acids is 1. The van der Waals surface area contributed by atoms with E-state index in [2.05, 4.69) is 43.4 Å². The quantitative estimate of drug-likeness (QED) is 0.264. The Morgan fingerprint density at radius 3 is 2.22 bits per heavy atom. The second-order valence-corrected chi connectivity index (χ2v) is 6.12. The molecule has 1 aliphatic heterocycles. The molecule has 23 heavy (non-hydrogen) atoms. The lowest BCUT2D eigenvalue weighted by Crippen LogP contribution is -1.93. The Bertz CT molecular complexity index is 396. The van der Waals surface area contributed by atoms with Crippen LogP contribution in [-0.2, 0) is 9.53 Å². The van der Waals surface area contributed by atoms with Gasteiger partial charge in [0, 0.05) is 6.42 Å². The minimum atomic E-state index is -0.716. The predicted octanol–water partition coefficient (Wildman–Crippen LogP) is 5.43. The molecule has 2 atom stereocenters. The lowest BCUT2D eigenvalue weighted by Gasteiger charge is -1.91. The summed E-state index contributed by atoms with van der Waals surface area (Å²) in [7, 11) is 0. The van der Waals surface area contributed by atoms with E-state index in [1.165, 1.54) is 25.7 Å². The van der Waals surface area contributed by atoms with Crippen LogP contribution in [-0.4, -0.2) is 23.3 Å².